The first-order valence-electron chi connectivity index (χ1n) is 6.52. The largest absolute Gasteiger partial charge is 0.328 e. The van der Waals surface area contributed by atoms with Gasteiger partial charge in [0.05, 0.1) is 6.04 Å². The number of hydrogen-bond acceptors (Lipinski definition) is 2. The van der Waals surface area contributed by atoms with Gasteiger partial charge in [-0.15, -0.1) is 0 Å². The maximum atomic E-state index is 12.9. The van der Waals surface area contributed by atoms with Gasteiger partial charge < -0.3 is 10.6 Å². The fourth-order valence-electron chi connectivity index (χ4n) is 2.58. The minimum atomic E-state index is -0.488. The van der Waals surface area contributed by atoms with Gasteiger partial charge in [0.2, 0.25) is 5.91 Å². The van der Waals surface area contributed by atoms with Crippen molar-refractivity contribution < 1.29 is 9.18 Å². The smallest absolute Gasteiger partial charge is 0.242 e. The molecule has 1 fully saturated rings. The minimum absolute atomic E-state index is 0.0665. The van der Waals surface area contributed by atoms with Crippen LogP contribution in [-0.4, -0.2) is 16.8 Å². The summed E-state index contributed by atoms with van der Waals surface area (Å²) in [5.41, 5.74) is 7.84. The number of rotatable bonds is 3. The molecule has 0 bridgehead atoms. The van der Waals surface area contributed by atoms with Gasteiger partial charge in [0, 0.05) is 6.54 Å². The number of likely N-dealkylation sites (tertiary alicyclic amines) is 1. The van der Waals surface area contributed by atoms with Crippen LogP contribution in [-0.2, 0) is 11.3 Å². The first kappa shape index (κ1) is 12.8. The summed E-state index contributed by atoms with van der Waals surface area (Å²) in [5.74, 6) is -0.344. The van der Waals surface area contributed by atoms with Crippen LogP contribution in [0.3, 0.4) is 0 Å². The lowest BCUT2D eigenvalue weighted by Gasteiger charge is -2.45. The Bertz CT molecular complexity index is 612. The number of halogens is 1. The van der Waals surface area contributed by atoms with Crippen LogP contribution in [0.4, 0.5) is 4.39 Å². The number of amides is 1. The zero-order valence-corrected chi connectivity index (χ0v) is 10.9. The summed E-state index contributed by atoms with van der Waals surface area (Å²) in [6.07, 6.45) is 0. The van der Waals surface area contributed by atoms with Crippen LogP contribution in [0.2, 0.25) is 0 Å². The van der Waals surface area contributed by atoms with Crippen LogP contribution < -0.4 is 5.73 Å². The first-order chi connectivity index (χ1) is 9.66. The Kier molecular flexibility index (Phi) is 3.24. The van der Waals surface area contributed by atoms with E-state index in [1.807, 2.05) is 30.3 Å². The van der Waals surface area contributed by atoms with Crippen molar-refractivity contribution in [3.63, 3.8) is 0 Å². The summed E-state index contributed by atoms with van der Waals surface area (Å²) in [6.45, 7) is 0.451. The molecule has 3 nitrogen and oxygen atoms in total. The number of benzene rings is 2. The van der Waals surface area contributed by atoms with E-state index in [0.717, 1.165) is 11.1 Å². The Hall–Kier alpha value is -2.20. The van der Waals surface area contributed by atoms with E-state index in [1.165, 1.54) is 12.1 Å². The van der Waals surface area contributed by atoms with Gasteiger partial charge in [-0.1, -0.05) is 42.5 Å². The third-order valence-corrected chi connectivity index (χ3v) is 3.65. The molecule has 2 atom stereocenters. The highest BCUT2D eigenvalue weighted by Crippen LogP contribution is 2.34. The van der Waals surface area contributed by atoms with E-state index in [9.17, 15) is 9.18 Å². The van der Waals surface area contributed by atoms with Crippen molar-refractivity contribution in [3.05, 3.63) is 71.5 Å². The molecular weight excluding hydrogens is 255 g/mol. The van der Waals surface area contributed by atoms with Crippen molar-refractivity contribution in [2.24, 2.45) is 5.73 Å². The molecule has 2 aromatic rings. The van der Waals surface area contributed by atoms with Crippen molar-refractivity contribution in [1.29, 1.82) is 0 Å². The molecular formula is C16H15FN2O. The average Bonchev–Trinajstić information content (AvgIpc) is 2.49. The quantitative estimate of drug-likeness (QED) is 0.869. The van der Waals surface area contributed by atoms with Gasteiger partial charge in [-0.3, -0.25) is 4.79 Å². The Morgan fingerprint density at radius 1 is 1.05 bits per heavy atom. The summed E-state index contributed by atoms with van der Waals surface area (Å²) in [6, 6.07) is 15.3. The summed E-state index contributed by atoms with van der Waals surface area (Å²) >= 11 is 0. The van der Waals surface area contributed by atoms with E-state index in [0.29, 0.717) is 6.54 Å². The molecule has 102 valence electrons. The van der Waals surface area contributed by atoms with E-state index >= 15 is 0 Å². The van der Waals surface area contributed by atoms with Crippen LogP contribution in [0.1, 0.15) is 17.2 Å². The Morgan fingerprint density at radius 3 is 2.35 bits per heavy atom. The highest BCUT2D eigenvalue weighted by molar-refractivity contribution is 5.89. The zero-order chi connectivity index (χ0) is 14.1. The van der Waals surface area contributed by atoms with Gasteiger partial charge in [-0.25, -0.2) is 4.39 Å². The van der Waals surface area contributed by atoms with Gasteiger partial charge in [-0.2, -0.15) is 0 Å². The molecule has 3 rings (SSSR count). The van der Waals surface area contributed by atoms with Crippen molar-refractivity contribution in [2.45, 2.75) is 18.6 Å². The van der Waals surface area contributed by atoms with Crippen LogP contribution >= 0.6 is 0 Å². The molecule has 20 heavy (non-hydrogen) atoms. The van der Waals surface area contributed by atoms with Crippen molar-refractivity contribution in [1.82, 2.24) is 4.90 Å². The standard InChI is InChI=1S/C16H15FN2O/c17-13-8-6-11(7-9-13)10-19-15(14(18)16(19)20)12-4-2-1-3-5-12/h1-9,14-15H,10,18H2/t14-,15+/m1/s1. The van der Waals surface area contributed by atoms with Crippen molar-refractivity contribution >= 4 is 5.91 Å². The van der Waals surface area contributed by atoms with E-state index < -0.39 is 6.04 Å². The topological polar surface area (TPSA) is 46.3 Å². The lowest BCUT2D eigenvalue weighted by atomic mass is 9.88. The van der Waals surface area contributed by atoms with E-state index in [2.05, 4.69) is 0 Å². The fraction of sp³-hybridized carbons (Fsp3) is 0.188. The van der Waals surface area contributed by atoms with Gasteiger partial charge >= 0.3 is 0 Å². The molecule has 2 N–H and O–H groups in total. The summed E-state index contributed by atoms with van der Waals surface area (Å²) < 4.78 is 12.9. The Morgan fingerprint density at radius 2 is 1.70 bits per heavy atom. The molecule has 0 aromatic heterocycles. The van der Waals surface area contributed by atoms with Crippen molar-refractivity contribution in [3.8, 4) is 0 Å². The van der Waals surface area contributed by atoms with Crippen molar-refractivity contribution in [2.75, 3.05) is 0 Å². The summed E-state index contributed by atoms with van der Waals surface area (Å²) in [7, 11) is 0. The maximum absolute atomic E-state index is 12.9. The van der Waals surface area contributed by atoms with E-state index in [1.54, 1.807) is 17.0 Å². The van der Waals surface area contributed by atoms with E-state index in [-0.39, 0.29) is 17.8 Å². The summed E-state index contributed by atoms with van der Waals surface area (Å²) in [5, 5.41) is 0. The van der Waals surface area contributed by atoms with Gasteiger partial charge in [-0.05, 0) is 23.3 Å². The average molecular weight is 270 g/mol. The second kappa shape index (κ2) is 5.06. The van der Waals surface area contributed by atoms with Crippen LogP contribution in [0.5, 0.6) is 0 Å². The predicted octanol–water partition coefficient (Wildman–Crippen LogP) is 2.24. The third kappa shape index (κ3) is 2.18. The first-order valence-corrected chi connectivity index (χ1v) is 6.52. The number of hydrogen-bond donors (Lipinski definition) is 1. The molecule has 0 saturated carbocycles. The Balaban J connectivity index is 1.81. The van der Waals surface area contributed by atoms with Crippen LogP contribution in [0.15, 0.2) is 54.6 Å². The summed E-state index contributed by atoms with van der Waals surface area (Å²) in [4.78, 5) is 13.7. The maximum Gasteiger partial charge on any atom is 0.242 e. The molecule has 0 aliphatic carbocycles. The predicted molar refractivity (Wildman–Crippen MR) is 74.1 cm³/mol. The van der Waals surface area contributed by atoms with Crippen LogP contribution in [0, 0.1) is 5.82 Å². The van der Waals surface area contributed by atoms with E-state index in [4.69, 9.17) is 5.73 Å². The number of β-lactam (4-membered cyclic amide) rings is 1. The van der Waals surface area contributed by atoms with Gasteiger partial charge in [0.25, 0.3) is 0 Å². The molecule has 1 aliphatic rings. The second-order valence-electron chi connectivity index (χ2n) is 4.97. The minimum Gasteiger partial charge on any atom is -0.328 e. The molecule has 1 aliphatic heterocycles. The molecule has 1 saturated heterocycles. The zero-order valence-electron chi connectivity index (χ0n) is 10.9. The SMILES string of the molecule is N[C@H]1C(=O)N(Cc2ccc(F)cc2)[C@H]1c1ccccc1. The Labute approximate surface area is 116 Å². The highest BCUT2D eigenvalue weighted by atomic mass is 19.1. The highest BCUT2D eigenvalue weighted by Gasteiger charge is 2.45. The second-order valence-corrected chi connectivity index (χ2v) is 4.97. The molecule has 1 amide bonds. The number of carbonyl (C=O) groups excluding carboxylic acids is 1. The van der Waals surface area contributed by atoms with Crippen LogP contribution in [0.25, 0.3) is 0 Å². The lowest BCUT2D eigenvalue weighted by molar-refractivity contribution is -0.150. The fourth-order valence-corrected chi connectivity index (χ4v) is 2.58. The molecule has 2 aromatic carbocycles. The van der Waals surface area contributed by atoms with Gasteiger partial charge in [0.1, 0.15) is 11.9 Å². The molecule has 0 unspecified atom stereocenters. The lowest BCUT2D eigenvalue weighted by Crippen LogP contribution is -2.62. The number of carbonyl (C=O) groups is 1. The normalized spacial score (nSPS) is 21.7. The number of nitrogens with two attached hydrogens (primary N) is 1. The number of nitrogens with zero attached hydrogens (tertiary/aromatic N) is 1. The molecule has 0 spiro atoms. The monoisotopic (exact) mass is 270 g/mol. The van der Waals surface area contributed by atoms with Gasteiger partial charge in [0.15, 0.2) is 0 Å². The molecule has 4 heteroatoms. The molecule has 0 radical (unpaired) electrons. The molecule has 1 heterocycles. The third-order valence-electron chi connectivity index (χ3n) is 3.65.